The van der Waals surface area contributed by atoms with Gasteiger partial charge in [0.05, 0.1) is 6.10 Å². The minimum Gasteiger partial charge on any atom is -0.377 e. The highest BCUT2D eigenvalue weighted by Crippen LogP contribution is 2.21. The van der Waals surface area contributed by atoms with Gasteiger partial charge in [-0.1, -0.05) is 24.3 Å². The number of carbonyl (C=O) groups excluding carboxylic acids is 1. The highest BCUT2D eigenvalue weighted by Gasteiger charge is 2.21. The standard InChI is InChI=1S/C14H18F2N2O2/c15-13(16)10-5-3-9(4-6-10)12(14(17)19)18-8-11-2-1-7-20-11/h3-6,11-13,18H,1-2,7-8H2,(H2,17,19). The van der Waals surface area contributed by atoms with E-state index in [1.165, 1.54) is 24.3 Å². The Balaban J connectivity index is 2.01. The van der Waals surface area contributed by atoms with Crippen molar-refractivity contribution in [2.45, 2.75) is 31.4 Å². The van der Waals surface area contributed by atoms with E-state index in [4.69, 9.17) is 10.5 Å². The van der Waals surface area contributed by atoms with E-state index in [1.54, 1.807) is 0 Å². The smallest absolute Gasteiger partial charge is 0.263 e. The third-order valence-electron chi connectivity index (χ3n) is 3.38. The van der Waals surface area contributed by atoms with Gasteiger partial charge in [0, 0.05) is 18.7 Å². The van der Waals surface area contributed by atoms with Gasteiger partial charge in [-0.05, 0) is 18.4 Å². The van der Waals surface area contributed by atoms with Crippen LogP contribution in [0.1, 0.15) is 36.4 Å². The lowest BCUT2D eigenvalue weighted by Gasteiger charge is -2.18. The Morgan fingerprint density at radius 1 is 1.35 bits per heavy atom. The van der Waals surface area contributed by atoms with Crippen LogP contribution in [0.3, 0.4) is 0 Å². The van der Waals surface area contributed by atoms with E-state index in [0.29, 0.717) is 12.1 Å². The van der Waals surface area contributed by atoms with Crippen LogP contribution in [0.25, 0.3) is 0 Å². The van der Waals surface area contributed by atoms with Gasteiger partial charge in [-0.3, -0.25) is 10.1 Å². The molecule has 1 aliphatic heterocycles. The molecule has 2 rings (SSSR count). The van der Waals surface area contributed by atoms with E-state index in [1.807, 2.05) is 0 Å². The first-order valence-corrected chi connectivity index (χ1v) is 6.60. The molecule has 4 nitrogen and oxygen atoms in total. The molecular formula is C14H18F2N2O2. The number of alkyl halides is 2. The summed E-state index contributed by atoms with van der Waals surface area (Å²) in [6.07, 6.45) is -0.479. The van der Waals surface area contributed by atoms with Gasteiger partial charge >= 0.3 is 0 Å². The van der Waals surface area contributed by atoms with Gasteiger partial charge in [0.15, 0.2) is 0 Å². The van der Waals surface area contributed by atoms with Crippen LogP contribution in [-0.4, -0.2) is 25.2 Å². The van der Waals surface area contributed by atoms with E-state index in [0.717, 1.165) is 19.4 Å². The summed E-state index contributed by atoms with van der Waals surface area (Å²) in [5.74, 6) is -0.534. The number of hydrogen-bond donors (Lipinski definition) is 2. The summed E-state index contributed by atoms with van der Waals surface area (Å²) in [4.78, 5) is 11.5. The van der Waals surface area contributed by atoms with E-state index < -0.39 is 18.4 Å². The molecule has 6 heteroatoms. The predicted octanol–water partition coefficient (Wildman–Crippen LogP) is 1.92. The first-order valence-electron chi connectivity index (χ1n) is 6.60. The first-order chi connectivity index (χ1) is 9.58. The Bertz CT molecular complexity index is 445. The topological polar surface area (TPSA) is 64.4 Å². The Kier molecular flexibility index (Phi) is 5.03. The minimum absolute atomic E-state index is 0.0731. The van der Waals surface area contributed by atoms with Crippen LogP contribution in [0.5, 0.6) is 0 Å². The second kappa shape index (κ2) is 6.76. The lowest BCUT2D eigenvalue weighted by atomic mass is 10.0. The molecule has 0 saturated carbocycles. The zero-order valence-electron chi connectivity index (χ0n) is 11.0. The van der Waals surface area contributed by atoms with Crippen molar-refractivity contribution in [2.24, 2.45) is 5.73 Å². The number of hydrogen-bond acceptors (Lipinski definition) is 3. The van der Waals surface area contributed by atoms with Crippen LogP contribution in [0, 0.1) is 0 Å². The number of benzene rings is 1. The van der Waals surface area contributed by atoms with Gasteiger partial charge in [0.1, 0.15) is 6.04 Å². The van der Waals surface area contributed by atoms with Crippen molar-refractivity contribution >= 4 is 5.91 Å². The van der Waals surface area contributed by atoms with Crippen molar-refractivity contribution in [3.8, 4) is 0 Å². The molecular weight excluding hydrogens is 266 g/mol. The summed E-state index contributed by atoms with van der Waals surface area (Å²) in [5, 5.41) is 3.04. The van der Waals surface area contributed by atoms with Gasteiger partial charge in [0.2, 0.25) is 5.91 Å². The molecule has 1 aliphatic rings. The van der Waals surface area contributed by atoms with Gasteiger partial charge in [-0.25, -0.2) is 8.78 Å². The highest BCUT2D eigenvalue weighted by atomic mass is 19.3. The monoisotopic (exact) mass is 284 g/mol. The molecule has 110 valence electrons. The minimum atomic E-state index is -2.52. The maximum absolute atomic E-state index is 12.5. The average molecular weight is 284 g/mol. The van der Waals surface area contributed by atoms with E-state index in [2.05, 4.69) is 5.32 Å². The normalized spacial score (nSPS) is 20.2. The molecule has 3 N–H and O–H groups in total. The van der Waals surface area contributed by atoms with Gasteiger partial charge in [0.25, 0.3) is 6.43 Å². The maximum Gasteiger partial charge on any atom is 0.263 e. The fourth-order valence-corrected chi connectivity index (χ4v) is 2.27. The molecule has 1 fully saturated rings. The molecule has 0 aliphatic carbocycles. The number of amides is 1. The van der Waals surface area contributed by atoms with Crippen LogP contribution in [0.4, 0.5) is 8.78 Å². The van der Waals surface area contributed by atoms with Crippen molar-refractivity contribution < 1.29 is 18.3 Å². The highest BCUT2D eigenvalue weighted by molar-refractivity contribution is 5.81. The summed E-state index contributed by atoms with van der Waals surface area (Å²) >= 11 is 0. The molecule has 1 aromatic rings. The number of primary amides is 1. The molecule has 0 bridgehead atoms. The zero-order chi connectivity index (χ0) is 14.5. The summed E-state index contributed by atoms with van der Waals surface area (Å²) in [6, 6.07) is 4.93. The predicted molar refractivity (Wildman–Crippen MR) is 70.3 cm³/mol. The van der Waals surface area contributed by atoms with E-state index in [9.17, 15) is 13.6 Å². The number of carbonyl (C=O) groups is 1. The molecule has 0 radical (unpaired) electrons. The Labute approximate surface area is 116 Å². The zero-order valence-corrected chi connectivity index (χ0v) is 11.0. The average Bonchev–Trinajstić information content (AvgIpc) is 2.92. The summed E-state index contributed by atoms with van der Waals surface area (Å²) in [7, 11) is 0. The SMILES string of the molecule is NC(=O)C(NCC1CCCO1)c1ccc(C(F)F)cc1. The molecule has 0 spiro atoms. The number of ether oxygens (including phenoxy) is 1. The molecule has 1 heterocycles. The lowest BCUT2D eigenvalue weighted by molar-refractivity contribution is -0.120. The van der Waals surface area contributed by atoms with Gasteiger partial charge < -0.3 is 10.5 Å². The van der Waals surface area contributed by atoms with Crippen LogP contribution >= 0.6 is 0 Å². The van der Waals surface area contributed by atoms with E-state index in [-0.39, 0.29) is 11.7 Å². The summed E-state index contributed by atoms with van der Waals surface area (Å²) in [5.41, 5.74) is 5.87. The van der Waals surface area contributed by atoms with Crippen molar-refractivity contribution in [1.29, 1.82) is 0 Å². The Morgan fingerprint density at radius 3 is 2.50 bits per heavy atom. The van der Waals surface area contributed by atoms with Crippen molar-refractivity contribution in [3.05, 3.63) is 35.4 Å². The van der Waals surface area contributed by atoms with Gasteiger partial charge in [-0.2, -0.15) is 0 Å². The largest absolute Gasteiger partial charge is 0.377 e. The van der Waals surface area contributed by atoms with E-state index >= 15 is 0 Å². The van der Waals surface area contributed by atoms with Crippen LogP contribution in [0.2, 0.25) is 0 Å². The molecule has 2 atom stereocenters. The van der Waals surface area contributed by atoms with Crippen molar-refractivity contribution in [1.82, 2.24) is 5.32 Å². The first kappa shape index (κ1) is 14.9. The summed E-state index contributed by atoms with van der Waals surface area (Å²) in [6.45, 7) is 1.25. The van der Waals surface area contributed by atoms with Gasteiger partial charge in [-0.15, -0.1) is 0 Å². The van der Waals surface area contributed by atoms with Crippen LogP contribution in [-0.2, 0) is 9.53 Å². The molecule has 1 saturated heterocycles. The van der Waals surface area contributed by atoms with Crippen molar-refractivity contribution in [2.75, 3.05) is 13.2 Å². The lowest BCUT2D eigenvalue weighted by Crippen LogP contribution is -2.37. The number of rotatable bonds is 6. The second-order valence-corrected chi connectivity index (χ2v) is 4.85. The maximum atomic E-state index is 12.5. The number of nitrogens with one attached hydrogen (secondary N) is 1. The molecule has 1 amide bonds. The molecule has 2 unspecified atom stereocenters. The second-order valence-electron chi connectivity index (χ2n) is 4.85. The molecule has 0 aromatic heterocycles. The number of halogens is 2. The fraction of sp³-hybridized carbons (Fsp3) is 0.500. The molecule has 20 heavy (non-hydrogen) atoms. The van der Waals surface area contributed by atoms with Crippen molar-refractivity contribution in [3.63, 3.8) is 0 Å². The quantitative estimate of drug-likeness (QED) is 0.839. The fourth-order valence-electron chi connectivity index (χ4n) is 2.27. The summed E-state index contributed by atoms with van der Waals surface area (Å²) < 4.78 is 30.4. The Morgan fingerprint density at radius 2 is 2.00 bits per heavy atom. The third-order valence-corrected chi connectivity index (χ3v) is 3.38. The molecule has 1 aromatic carbocycles. The number of nitrogens with two attached hydrogens (primary N) is 1. The van der Waals surface area contributed by atoms with Crippen LogP contribution < -0.4 is 11.1 Å². The third kappa shape index (κ3) is 3.74. The Hall–Kier alpha value is -1.53. The van der Waals surface area contributed by atoms with Crippen LogP contribution in [0.15, 0.2) is 24.3 Å².